The van der Waals surface area contributed by atoms with Crippen LogP contribution in [0.15, 0.2) is 0 Å². The molecule has 0 atom stereocenters. The number of sulfone groups is 2. The highest BCUT2D eigenvalue weighted by Gasteiger charge is 2.33. The highest BCUT2D eigenvalue weighted by molar-refractivity contribution is 8.31. The van der Waals surface area contributed by atoms with Gasteiger partial charge in [0.2, 0.25) is 19.7 Å². The largest absolute Gasteiger partial charge is 0.359 e. The third-order valence-corrected chi connectivity index (χ3v) is 5.88. The van der Waals surface area contributed by atoms with Gasteiger partial charge in [0.15, 0.2) is 0 Å². The van der Waals surface area contributed by atoms with Gasteiger partial charge < -0.3 is 0 Å². The van der Waals surface area contributed by atoms with Gasteiger partial charge in [-0.2, -0.15) is 0 Å². The van der Waals surface area contributed by atoms with Crippen LogP contribution in [-0.4, -0.2) is 32.8 Å². The summed E-state index contributed by atoms with van der Waals surface area (Å²) >= 11 is 0. The summed E-state index contributed by atoms with van der Waals surface area (Å²) in [6.45, 7) is 3.13. The molecule has 0 heterocycles. The van der Waals surface area contributed by atoms with Crippen molar-refractivity contribution in [1.29, 1.82) is 0 Å². The van der Waals surface area contributed by atoms with E-state index in [1.54, 1.807) is 13.8 Å². The van der Waals surface area contributed by atoms with Crippen molar-refractivity contribution in [3.63, 3.8) is 0 Å². The average molecular weight is 242 g/mol. The Hall–Kier alpha value is -0.430. The molecule has 0 fully saturated rings. The molecular formula is C7H14O5S2. The van der Waals surface area contributed by atoms with E-state index in [1.165, 1.54) is 0 Å². The lowest BCUT2D eigenvalue weighted by Gasteiger charge is -2.01. The predicted molar refractivity (Wildman–Crippen MR) is 53.6 cm³/mol. The van der Waals surface area contributed by atoms with Gasteiger partial charge in [-0.25, -0.2) is 16.8 Å². The molecule has 0 spiro atoms. The first kappa shape index (κ1) is 13.6. The smallest absolute Gasteiger partial charge is 0.263 e. The minimum Gasteiger partial charge on any atom is -0.263 e. The fourth-order valence-electron chi connectivity index (χ4n) is 0.898. The summed E-state index contributed by atoms with van der Waals surface area (Å²) in [6.07, 6.45) is 0.464. The van der Waals surface area contributed by atoms with Gasteiger partial charge in [-0.05, 0) is 12.8 Å². The minimum atomic E-state index is -4.12. The van der Waals surface area contributed by atoms with Crippen LogP contribution in [-0.2, 0) is 19.7 Å². The van der Waals surface area contributed by atoms with Crippen LogP contribution in [0.4, 0.5) is 4.79 Å². The van der Waals surface area contributed by atoms with E-state index in [1.807, 2.05) is 0 Å². The summed E-state index contributed by atoms with van der Waals surface area (Å²) < 4.78 is 42.9. The molecule has 0 unspecified atom stereocenters. The maximum atomic E-state index is 11.1. The Morgan fingerprint density at radius 3 is 1.36 bits per heavy atom. The minimum absolute atomic E-state index is 0.232. The molecule has 84 valence electrons. The standard InChI is InChI=1S/C7H14O5S2/c1-3-5-13(9,10)7(8)14(11,12)6-4-2/h3-6H2,1-2H3. The molecule has 0 saturated heterocycles. The van der Waals surface area contributed by atoms with Crippen LogP contribution >= 0.6 is 0 Å². The van der Waals surface area contributed by atoms with Crippen molar-refractivity contribution in [2.45, 2.75) is 26.7 Å². The van der Waals surface area contributed by atoms with E-state index in [-0.39, 0.29) is 12.8 Å². The van der Waals surface area contributed by atoms with Crippen molar-refractivity contribution in [1.82, 2.24) is 0 Å². The number of hydrogen-bond donors (Lipinski definition) is 0. The zero-order valence-electron chi connectivity index (χ0n) is 8.19. The van der Waals surface area contributed by atoms with E-state index < -0.39 is 35.6 Å². The number of hydrogen-bond acceptors (Lipinski definition) is 5. The Bertz CT molecular complexity index is 352. The summed E-state index contributed by atoms with van der Waals surface area (Å²) in [5.41, 5.74) is 0. The van der Waals surface area contributed by atoms with Crippen molar-refractivity contribution in [3.05, 3.63) is 0 Å². The molecule has 0 aliphatic heterocycles. The Morgan fingerprint density at radius 1 is 0.857 bits per heavy atom. The first-order valence-electron chi connectivity index (χ1n) is 4.27. The van der Waals surface area contributed by atoms with Gasteiger partial charge in [-0.1, -0.05) is 13.8 Å². The molecule has 0 aromatic carbocycles. The first-order valence-corrected chi connectivity index (χ1v) is 7.58. The van der Waals surface area contributed by atoms with Gasteiger partial charge in [0.25, 0.3) is 0 Å². The van der Waals surface area contributed by atoms with Crippen LogP contribution in [0.1, 0.15) is 26.7 Å². The summed E-state index contributed by atoms with van der Waals surface area (Å²) in [5, 5.41) is 0. The third-order valence-electron chi connectivity index (χ3n) is 1.45. The monoisotopic (exact) mass is 242 g/mol. The zero-order chi connectivity index (χ0) is 11.4. The SMILES string of the molecule is CCCS(=O)(=O)C(=O)S(=O)(=O)CCC. The van der Waals surface area contributed by atoms with Crippen LogP contribution in [0.3, 0.4) is 0 Å². The second-order valence-electron chi connectivity index (χ2n) is 2.89. The molecule has 7 heteroatoms. The topological polar surface area (TPSA) is 85.3 Å². The fourth-order valence-corrected chi connectivity index (χ4v) is 4.35. The van der Waals surface area contributed by atoms with Gasteiger partial charge in [-0.15, -0.1) is 0 Å². The van der Waals surface area contributed by atoms with Crippen molar-refractivity contribution in [2.75, 3.05) is 11.5 Å². The van der Waals surface area contributed by atoms with Crippen LogP contribution in [0, 0.1) is 0 Å². The summed E-state index contributed by atoms with van der Waals surface area (Å²) in [7, 11) is -8.23. The highest BCUT2D eigenvalue weighted by Crippen LogP contribution is 2.06. The van der Waals surface area contributed by atoms with E-state index in [0.717, 1.165) is 0 Å². The van der Waals surface area contributed by atoms with Crippen LogP contribution in [0.5, 0.6) is 0 Å². The normalized spacial score (nSPS) is 12.7. The van der Waals surface area contributed by atoms with Crippen LogP contribution in [0.2, 0.25) is 0 Å². The van der Waals surface area contributed by atoms with Gasteiger partial charge in [0, 0.05) is 0 Å². The van der Waals surface area contributed by atoms with Gasteiger partial charge >= 0.3 is 4.45 Å². The maximum Gasteiger partial charge on any atom is 0.359 e. The lowest BCUT2D eigenvalue weighted by Crippen LogP contribution is -2.27. The quantitative estimate of drug-likeness (QED) is 0.726. The lowest BCUT2D eigenvalue weighted by molar-refractivity contribution is 0.272. The zero-order valence-corrected chi connectivity index (χ0v) is 9.82. The molecule has 0 radical (unpaired) electrons. The molecule has 0 amide bonds. The Balaban J connectivity index is 4.98. The molecule has 0 aromatic heterocycles. The molecule has 0 aliphatic rings. The average Bonchev–Trinajstić information content (AvgIpc) is 2.02. The van der Waals surface area contributed by atoms with Gasteiger partial charge in [-0.3, -0.25) is 4.79 Å². The van der Waals surface area contributed by atoms with Gasteiger partial charge in [0.1, 0.15) is 0 Å². The molecule has 0 rings (SSSR count). The Morgan fingerprint density at radius 2 is 1.14 bits per heavy atom. The summed E-state index contributed by atoms with van der Waals surface area (Å²) in [4.78, 5) is 11.1. The number of rotatable bonds is 4. The second-order valence-corrected chi connectivity index (χ2v) is 7.16. The second kappa shape index (κ2) is 4.88. The van der Waals surface area contributed by atoms with Gasteiger partial charge in [0.05, 0.1) is 11.5 Å². The van der Waals surface area contributed by atoms with E-state index in [9.17, 15) is 21.6 Å². The number of carbonyl (C=O) groups is 1. The third kappa shape index (κ3) is 3.38. The van der Waals surface area contributed by atoms with Crippen molar-refractivity contribution >= 4 is 24.1 Å². The highest BCUT2D eigenvalue weighted by atomic mass is 32.3. The Labute approximate surface area is 84.3 Å². The van der Waals surface area contributed by atoms with E-state index >= 15 is 0 Å². The van der Waals surface area contributed by atoms with E-state index in [2.05, 4.69) is 0 Å². The van der Waals surface area contributed by atoms with Crippen molar-refractivity contribution in [2.24, 2.45) is 0 Å². The van der Waals surface area contributed by atoms with Crippen molar-refractivity contribution in [3.8, 4) is 0 Å². The molecule has 0 saturated carbocycles. The molecule has 0 N–H and O–H groups in total. The molecule has 0 bridgehead atoms. The molecule has 14 heavy (non-hydrogen) atoms. The molecule has 0 aromatic rings. The first-order chi connectivity index (χ1) is 6.28. The lowest BCUT2D eigenvalue weighted by atomic mass is 10.6. The molecule has 5 nitrogen and oxygen atoms in total. The van der Waals surface area contributed by atoms with E-state index in [4.69, 9.17) is 0 Å². The summed E-state index contributed by atoms with van der Waals surface area (Å²) in [5.74, 6) is -0.816. The van der Waals surface area contributed by atoms with Crippen molar-refractivity contribution < 1.29 is 21.6 Å². The molecular weight excluding hydrogens is 228 g/mol. The number of carbonyl (C=O) groups excluding carboxylic acids is 1. The summed E-state index contributed by atoms with van der Waals surface area (Å²) in [6, 6.07) is 0. The van der Waals surface area contributed by atoms with Crippen LogP contribution in [0.25, 0.3) is 0 Å². The fraction of sp³-hybridized carbons (Fsp3) is 0.857. The van der Waals surface area contributed by atoms with Crippen LogP contribution < -0.4 is 0 Å². The Kier molecular flexibility index (Phi) is 4.73. The predicted octanol–water partition coefficient (Wildman–Crippen LogP) is 0.756. The van der Waals surface area contributed by atoms with E-state index in [0.29, 0.717) is 0 Å². The maximum absolute atomic E-state index is 11.1. The molecule has 0 aliphatic carbocycles.